The van der Waals surface area contributed by atoms with E-state index in [-0.39, 0.29) is 0 Å². The highest BCUT2D eigenvalue weighted by Gasteiger charge is 2.00. The van der Waals surface area contributed by atoms with E-state index in [1.165, 1.54) is 5.56 Å². The Hall–Kier alpha value is -1.58. The molecule has 0 aliphatic rings. The van der Waals surface area contributed by atoms with Crippen molar-refractivity contribution in [2.45, 2.75) is 13.3 Å². The number of aromatic nitrogens is 3. The highest BCUT2D eigenvalue weighted by molar-refractivity contribution is 5.44. The second kappa shape index (κ2) is 2.48. The van der Waals surface area contributed by atoms with Crippen LogP contribution in [0, 0.1) is 0 Å². The number of aryl methyl sites for hydroxylation is 1. The van der Waals surface area contributed by atoms with Gasteiger partial charge < -0.3 is 5.73 Å². The quantitative estimate of drug-likeness (QED) is 0.677. The van der Waals surface area contributed by atoms with E-state index in [2.05, 4.69) is 17.1 Å². The van der Waals surface area contributed by atoms with Crippen molar-refractivity contribution >= 4 is 11.6 Å². The van der Waals surface area contributed by atoms with E-state index in [4.69, 9.17) is 5.73 Å². The molecule has 0 aromatic carbocycles. The maximum absolute atomic E-state index is 5.59. The largest absolute Gasteiger partial charge is 0.368 e. The summed E-state index contributed by atoms with van der Waals surface area (Å²) in [6.45, 7) is 2.10. The van der Waals surface area contributed by atoms with Crippen LogP contribution in [0.3, 0.4) is 0 Å². The van der Waals surface area contributed by atoms with Crippen molar-refractivity contribution in [2.24, 2.45) is 0 Å². The molecule has 0 fully saturated rings. The molecule has 2 rings (SSSR count). The molecule has 2 heterocycles. The summed E-state index contributed by atoms with van der Waals surface area (Å²) in [7, 11) is 0. The van der Waals surface area contributed by atoms with Crippen LogP contribution in [0.1, 0.15) is 12.5 Å². The van der Waals surface area contributed by atoms with Crippen LogP contribution < -0.4 is 5.73 Å². The summed E-state index contributed by atoms with van der Waals surface area (Å²) >= 11 is 0. The van der Waals surface area contributed by atoms with Crippen molar-refractivity contribution in [1.29, 1.82) is 0 Å². The molecular formula is C8H10N4. The summed E-state index contributed by atoms with van der Waals surface area (Å²) in [5, 5.41) is 7.64. The van der Waals surface area contributed by atoms with Crippen molar-refractivity contribution in [3.05, 3.63) is 23.9 Å². The minimum absolute atomic E-state index is 0.445. The molecule has 0 saturated heterocycles. The molecule has 12 heavy (non-hydrogen) atoms. The van der Waals surface area contributed by atoms with Crippen molar-refractivity contribution in [2.75, 3.05) is 5.73 Å². The molecule has 2 aromatic rings. The molecule has 2 N–H and O–H groups in total. The number of nitrogen functional groups attached to an aromatic ring is 1. The van der Waals surface area contributed by atoms with Gasteiger partial charge in [0.25, 0.3) is 0 Å². The van der Waals surface area contributed by atoms with Gasteiger partial charge in [0.05, 0.1) is 0 Å². The summed E-state index contributed by atoms with van der Waals surface area (Å²) in [6, 6.07) is 3.95. The van der Waals surface area contributed by atoms with Crippen LogP contribution in [-0.4, -0.2) is 14.6 Å². The van der Waals surface area contributed by atoms with Crippen LogP contribution in [0.25, 0.3) is 5.65 Å². The molecule has 2 aromatic heterocycles. The van der Waals surface area contributed by atoms with Gasteiger partial charge >= 0.3 is 0 Å². The molecule has 4 heteroatoms. The predicted octanol–water partition coefficient (Wildman–Crippen LogP) is 0.874. The van der Waals surface area contributed by atoms with Crippen LogP contribution in [0.2, 0.25) is 0 Å². The topological polar surface area (TPSA) is 56.2 Å². The number of hydrogen-bond acceptors (Lipinski definition) is 3. The monoisotopic (exact) mass is 162 g/mol. The van der Waals surface area contributed by atoms with Gasteiger partial charge in [-0.25, -0.2) is 0 Å². The number of hydrogen-bond donors (Lipinski definition) is 1. The molecule has 62 valence electrons. The molecule has 0 aliphatic carbocycles. The van der Waals surface area contributed by atoms with Gasteiger partial charge in [-0.05, 0) is 18.1 Å². The van der Waals surface area contributed by atoms with Gasteiger partial charge in [0.2, 0.25) is 5.95 Å². The Morgan fingerprint density at radius 1 is 1.42 bits per heavy atom. The zero-order valence-corrected chi connectivity index (χ0v) is 6.86. The molecule has 0 amide bonds. The lowest BCUT2D eigenvalue weighted by Crippen LogP contribution is -1.94. The van der Waals surface area contributed by atoms with Crippen LogP contribution in [-0.2, 0) is 6.42 Å². The summed E-state index contributed by atoms with van der Waals surface area (Å²) in [6.07, 6.45) is 2.96. The average Bonchev–Trinajstić information content (AvgIpc) is 2.47. The van der Waals surface area contributed by atoms with Gasteiger partial charge in [0.15, 0.2) is 5.65 Å². The molecule has 0 radical (unpaired) electrons. The number of anilines is 1. The van der Waals surface area contributed by atoms with Gasteiger partial charge in [0, 0.05) is 6.20 Å². The Labute approximate surface area is 70.0 Å². The lowest BCUT2D eigenvalue weighted by Gasteiger charge is -1.97. The molecule has 0 bridgehead atoms. The lowest BCUT2D eigenvalue weighted by atomic mass is 10.2. The molecule has 0 aliphatic heterocycles. The third-order valence-corrected chi connectivity index (χ3v) is 1.90. The zero-order valence-electron chi connectivity index (χ0n) is 6.86. The summed E-state index contributed by atoms with van der Waals surface area (Å²) in [4.78, 5) is 0. The van der Waals surface area contributed by atoms with E-state index >= 15 is 0 Å². The third-order valence-electron chi connectivity index (χ3n) is 1.90. The minimum Gasteiger partial charge on any atom is -0.368 e. The third kappa shape index (κ3) is 0.922. The van der Waals surface area contributed by atoms with Crippen LogP contribution in [0.15, 0.2) is 18.3 Å². The summed E-state index contributed by atoms with van der Waals surface area (Å²) in [5.41, 5.74) is 7.62. The van der Waals surface area contributed by atoms with Gasteiger partial charge in [-0.1, -0.05) is 13.0 Å². The Bertz CT molecular complexity index is 404. The number of nitrogens with zero attached hydrogens (tertiary/aromatic N) is 3. The highest BCUT2D eigenvalue weighted by Crippen LogP contribution is 2.07. The number of pyridine rings is 1. The lowest BCUT2D eigenvalue weighted by molar-refractivity contribution is 1.07. The number of nitrogens with two attached hydrogens (primary N) is 1. The summed E-state index contributed by atoms with van der Waals surface area (Å²) < 4.78 is 1.79. The second-order valence-corrected chi connectivity index (χ2v) is 2.68. The van der Waals surface area contributed by atoms with Crippen molar-refractivity contribution in [3.8, 4) is 0 Å². The maximum Gasteiger partial charge on any atom is 0.226 e. The van der Waals surface area contributed by atoms with Gasteiger partial charge in [-0.3, -0.25) is 4.40 Å². The Morgan fingerprint density at radius 3 is 3.00 bits per heavy atom. The van der Waals surface area contributed by atoms with Gasteiger partial charge in [-0.15, -0.1) is 10.2 Å². The standard InChI is InChI=1S/C8H10N4/c1-2-6-3-4-7-10-11-8(9)12(7)5-6/h3-5H,2H2,1H3,(H2,9,11). The molecule has 0 atom stereocenters. The van der Waals surface area contributed by atoms with Crippen molar-refractivity contribution < 1.29 is 0 Å². The first-order valence-corrected chi connectivity index (χ1v) is 3.90. The normalized spacial score (nSPS) is 10.8. The van der Waals surface area contributed by atoms with E-state index in [1.54, 1.807) is 4.40 Å². The van der Waals surface area contributed by atoms with E-state index < -0.39 is 0 Å². The number of rotatable bonds is 1. The molecule has 0 spiro atoms. The first-order valence-electron chi connectivity index (χ1n) is 3.90. The van der Waals surface area contributed by atoms with Crippen LogP contribution in [0.5, 0.6) is 0 Å². The molecule has 4 nitrogen and oxygen atoms in total. The SMILES string of the molecule is CCc1ccc2nnc(N)n2c1. The minimum atomic E-state index is 0.445. The maximum atomic E-state index is 5.59. The predicted molar refractivity (Wildman–Crippen MR) is 46.8 cm³/mol. The Morgan fingerprint density at radius 2 is 2.25 bits per heavy atom. The van der Waals surface area contributed by atoms with E-state index in [9.17, 15) is 0 Å². The van der Waals surface area contributed by atoms with E-state index in [1.807, 2.05) is 18.3 Å². The fourth-order valence-electron chi connectivity index (χ4n) is 1.16. The smallest absolute Gasteiger partial charge is 0.226 e. The van der Waals surface area contributed by atoms with Crippen molar-refractivity contribution in [3.63, 3.8) is 0 Å². The summed E-state index contributed by atoms with van der Waals surface area (Å²) in [5.74, 6) is 0.445. The molecule has 0 unspecified atom stereocenters. The van der Waals surface area contributed by atoms with Crippen LogP contribution in [0.4, 0.5) is 5.95 Å². The fourth-order valence-corrected chi connectivity index (χ4v) is 1.16. The number of fused-ring (bicyclic) bond motifs is 1. The molecule has 0 saturated carbocycles. The first-order chi connectivity index (χ1) is 5.81. The second-order valence-electron chi connectivity index (χ2n) is 2.68. The first kappa shape index (κ1) is 7.09. The van der Waals surface area contributed by atoms with Gasteiger partial charge in [-0.2, -0.15) is 0 Å². The van der Waals surface area contributed by atoms with Gasteiger partial charge in [0.1, 0.15) is 0 Å². The van der Waals surface area contributed by atoms with E-state index in [0.717, 1.165) is 12.1 Å². The fraction of sp³-hybridized carbons (Fsp3) is 0.250. The Balaban J connectivity index is 2.71. The van der Waals surface area contributed by atoms with Crippen molar-refractivity contribution in [1.82, 2.24) is 14.6 Å². The molecular weight excluding hydrogens is 152 g/mol. The van der Waals surface area contributed by atoms with E-state index in [0.29, 0.717) is 5.95 Å². The highest BCUT2D eigenvalue weighted by atomic mass is 15.3. The zero-order chi connectivity index (χ0) is 8.55. The Kier molecular flexibility index (Phi) is 1.46. The average molecular weight is 162 g/mol. The van der Waals surface area contributed by atoms with Crippen LogP contribution >= 0.6 is 0 Å².